The molecule has 4 nitrogen and oxygen atoms in total. The van der Waals surface area contributed by atoms with Crippen LogP contribution in [0.2, 0.25) is 5.02 Å². The molecule has 1 unspecified atom stereocenters. The minimum Gasteiger partial charge on any atom is -0.487 e. The lowest BCUT2D eigenvalue weighted by molar-refractivity contribution is -0.137. The molecule has 0 amide bonds. The number of unbranched alkanes of at least 4 members (excludes halogenated alkanes) is 1. The van der Waals surface area contributed by atoms with Gasteiger partial charge in [0.1, 0.15) is 11.9 Å². The van der Waals surface area contributed by atoms with Gasteiger partial charge in [0.15, 0.2) is 0 Å². The number of nitrogens with zero attached hydrogens (tertiary/aromatic N) is 1. The van der Waals surface area contributed by atoms with Crippen molar-refractivity contribution in [3.63, 3.8) is 0 Å². The molecule has 0 aliphatic carbocycles. The maximum Gasteiger partial charge on any atom is 0.303 e. The average Bonchev–Trinajstić information content (AvgIpc) is 2.85. The quantitative estimate of drug-likeness (QED) is 0.786. The van der Waals surface area contributed by atoms with E-state index in [2.05, 4.69) is 4.90 Å². The first-order valence-electron chi connectivity index (χ1n) is 7.00. The van der Waals surface area contributed by atoms with Crippen molar-refractivity contribution in [2.75, 3.05) is 19.6 Å². The molecule has 0 spiro atoms. The van der Waals surface area contributed by atoms with Crippen LogP contribution in [0.4, 0.5) is 0 Å². The van der Waals surface area contributed by atoms with Crippen LogP contribution in [-0.2, 0) is 4.79 Å². The summed E-state index contributed by atoms with van der Waals surface area (Å²) in [6.07, 6.45) is 3.08. The standard InChI is InChI=1S/C15H20ClNO3/c16-13-5-1-2-6-14(13)20-12-8-10-17(11-12)9-4-3-7-15(18)19/h1-2,5-6,12H,3-4,7-11H2,(H,18,19). The smallest absolute Gasteiger partial charge is 0.303 e. The summed E-state index contributed by atoms with van der Waals surface area (Å²) in [7, 11) is 0. The first-order valence-corrected chi connectivity index (χ1v) is 7.38. The largest absolute Gasteiger partial charge is 0.487 e. The van der Waals surface area contributed by atoms with Gasteiger partial charge < -0.3 is 9.84 Å². The van der Waals surface area contributed by atoms with Crippen molar-refractivity contribution < 1.29 is 14.6 Å². The molecule has 1 heterocycles. The van der Waals surface area contributed by atoms with Gasteiger partial charge in [0.2, 0.25) is 0 Å². The van der Waals surface area contributed by atoms with Gasteiger partial charge in [0.05, 0.1) is 5.02 Å². The molecule has 2 rings (SSSR count). The van der Waals surface area contributed by atoms with Crippen LogP contribution >= 0.6 is 11.6 Å². The highest BCUT2D eigenvalue weighted by atomic mass is 35.5. The number of halogens is 1. The predicted molar refractivity (Wildman–Crippen MR) is 78.4 cm³/mol. The summed E-state index contributed by atoms with van der Waals surface area (Å²) in [5.41, 5.74) is 0. The Balaban J connectivity index is 1.70. The van der Waals surface area contributed by atoms with Crippen LogP contribution in [0.15, 0.2) is 24.3 Å². The van der Waals surface area contributed by atoms with Crippen molar-refractivity contribution >= 4 is 17.6 Å². The van der Waals surface area contributed by atoms with Gasteiger partial charge in [0, 0.05) is 19.5 Å². The van der Waals surface area contributed by atoms with Gasteiger partial charge in [-0.3, -0.25) is 9.69 Å². The van der Waals surface area contributed by atoms with E-state index in [1.165, 1.54) is 0 Å². The lowest BCUT2D eigenvalue weighted by atomic mass is 10.2. The molecule has 0 radical (unpaired) electrons. The summed E-state index contributed by atoms with van der Waals surface area (Å²) in [6.45, 7) is 2.83. The molecule has 1 N–H and O–H groups in total. The third-order valence-corrected chi connectivity index (χ3v) is 3.79. The molecule has 0 saturated carbocycles. The molecule has 1 saturated heterocycles. The van der Waals surface area contributed by atoms with Gasteiger partial charge in [-0.05, 0) is 37.9 Å². The number of hydrogen-bond acceptors (Lipinski definition) is 3. The highest BCUT2D eigenvalue weighted by molar-refractivity contribution is 6.32. The zero-order valence-electron chi connectivity index (χ0n) is 11.4. The maximum absolute atomic E-state index is 10.4. The summed E-state index contributed by atoms with van der Waals surface area (Å²) < 4.78 is 5.91. The Morgan fingerprint density at radius 1 is 1.40 bits per heavy atom. The summed E-state index contributed by atoms with van der Waals surface area (Å²) in [6, 6.07) is 7.52. The highest BCUT2D eigenvalue weighted by Crippen LogP contribution is 2.26. The van der Waals surface area contributed by atoms with E-state index in [1.807, 2.05) is 24.3 Å². The van der Waals surface area contributed by atoms with E-state index in [0.717, 1.165) is 44.6 Å². The first-order chi connectivity index (χ1) is 9.65. The zero-order valence-corrected chi connectivity index (χ0v) is 12.2. The van der Waals surface area contributed by atoms with Crippen LogP contribution in [0.5, 0.6) is 5.75 Å². The monoisotopic (exact) mass is 297 g/mol. The molecule has 110 valence electrons. The number of carbonyl (C=O) groups is 1. The molecule has 1 aromatic carbocycles. The number of hydrogen-bond donors (Lipinski definition) is 1. The number of benzene rings is 1. The van der Waals surface area contributed by atoms with Crippen LogP contribution in [0.1, 0.15) is 25.7 Å². The lowest BCUT2D eigenvalue weighted by Crippen LogP contribution is -2.26. The van der Waals surface area contributed by atoms with E-state index in [1.54, 1.807) is 0 Å². The minimum absolute atomic E-state index is 0.175. The van der Waals surface area contributed by atoms with Gasteiger partial charge in [-0.25, -0.2) is 0 Å². The third kappa shape index (κ3) is 4.69. The second kappa shape index (κ2) is 7.50. The molecule has 0 bridgehead atoms. The number of likely N-dealkylation sites (tertiary alicyclic amines) is 1. The van der Waals surface area contributed by atoms with Gasteiger partial charge in [-0.2, -0.15) is 0 Å². The maximum atomic E-state index is 10.4. The fourth-order valence-electron chi connectivity index (χ4n) is 2.43. The van der Waals surface area contributed by atoms with Crippen LogP contribution in [0.25, 0.3) is 0 Å². The molecule has 1 atom stereocenters. The van der Waals surface area contributed by atoms with E-state index in [-0.39, 0.29) is 12.5 Å². The van der Waals surface area contributed by atoms with Crippen LogP contribution < -0.4 is 4.74 Å². The SMILES string of the molecule is O=C(O)CCCCN1CCC(Oc2ccccc2Cl)C1. The topological polar surface area (TPSA) is 49.8 Å². The number of para-hydroxylation sites is 1. The van der Waals surface area contributed by atoms with E-state index in [4.69, 9.17) is 21.4 Å². The Bertz CT molecular complexity index is 452. The molecular weight excluding hydrogens is 278 g/mol. The summed E-state index contributed by atoms with van der Waals surface area (Å²) in [5, 5.41) is 9.24. The van der Waals surface area contributed by atoms with Crippen LogP contribution in [0, 0.1) is 0 Å². The van der Waals surface area contributed by atoms with Gasteiger partial charge in [-0.15, -0.1) is 0 Å². The zero-order chi connectivity index (χ0) is 14.4. The Morgan fingerprint density at radius 2 is 2.20 bits per heavy atom. The van der Waals surface area contributed by atoms with E-state index >= 15 is 0 Å². The van der Waals surface area contributed by atoms with Crippen molar-refractivity contribution in [3.05, 3.63) is 29.3 Å². The number of carboxylic acids is 1. The Hall–Kier alpha value is -1.26. The summed E-state index contributed by atoms with van der Waals surface area (Å²) in [4.78, 5) is 12.8. The van der Waals surface area contributed by atoms with Crippen molar-refractivity contribution in [1.82, 2.24) is 4.90 Å². The van der Waals surface area contributed by atoms with E-state index in [9.17, 15) is 4.79 Å². The molecule has 20 heavy (non-hydrogen) atoms. The van der Waals surface area contributed by atoms with Crippen molar-refractivity contribution in [1.29, 1.82) is 0 Å². The minimum atomic E-state index is -0.716. The van der Waals surface area contributed by atoms with Gasteiger partial charge >= 0.3 is 5.97 Å². The molecule has 0 aromatic heterocycles. The second-order valence-electron chi connectivity index (χ2n) is 5.11. The molecular formula is C15H20ClNO3. The summed E-state index contributed by atoms with van der Waals surface area (Å²) in [5.74, 6) is 0.0262. The normalized spacial score (nSPS) is 19.1. The van der Waals surface area contributed by atoms with E-state index in [0.29, 0.717) is 5.02 Å². The predicted octanol–water partition coefficient (Wildman–Crippen LogP) is 3.05. The number of aliphatic carboxylic acids is 1. The van der Waals surface area contributed by atoms with Crippen LogP contribution in [0.3, 0.4) is 0 Å². The summed E-state index contributed by atoms with van der Waals surface area (Å²) >= 11 is 6.08. The van der Waals surface area contributed by atoms with Gasteiger partial charge in [-0.1, -0.05) is 23.7 Å². The van der Waals surface area contributed by atoms with Crippen LogP contribution in [-0.4, -0.2) is 41.7 Å². The molecule has 1 aromatic rings. The van der Waals surface area contributed by atoms with Gasteiger partial charge in [0.25, 0.3) is 0 Å². The van der Waals surface area contributed by atoms with Crippen molar-refractivity contribution in [2.45, 2.75) is 31.8 Å². The molecule has 5 heteroatoms. The molecule has 1 aliphatic heterocycles. The fourth-order valence-corrected chi connectivity index (χ4v) is 2.61. The number of carboxylic acid groups (broad SMARTS) is 1. The second-order valence-corrected chi connectivity index (χ2v) is 5.52. The molecule has 1 fully saturated rings. The number of ether oxygens (including phenoxy) is 1. The number of rotatable bonds is 7. The fraction of sp³-hybridized carbons (Fsp3) is 0.533. The highest BCUT2D eigenvalue weighted by Gasteiger charge is 2.23. The van der Waals surface area contributed by atoms with E-state index < -0.39 is 5.97 Å². The van der Waals surface area contributed by atoms with Crippen molar-refractivity contribution in [2.24, 2.45) is 0 Å². The third-order valence-electron chi connectivity index (χ3n) is 3.47. The van der Waals surface area contributed by atoms with Crippen molar-refractivity contribution in [3.8, 4) is 5.75 Å². The lowest BCUT2D eigenvalue weighted by Gasteiger charge is -2.17. The average molecular weight is 298 g/mol. The molecule has 1 aliphatic rings. The Morgan fingerprint density at radius 3 is 2.95 bits per heavy atom. The Labute approximate surface area is 124 Å². The Kier molecular flexibility index (Phi) is 5.68. The first kappa shape index (κ1) is 15.1.